The van der Waals surface area contributed by atoms with Crippen LogP contribution in [0.5, 0.6) is 0 Å². The third-order valence-electron chi connectivity index (χ3n) is 11.0. The van der Waals surface area contributed by atoms with Crippen LogP contribution in [0.1, 0.15) is 44.4 Å². The van der Waals surface area contributed by atoms with Crippen molar-refractivity contribution in [1.29, 1.82) is 0 Å². The van der Waals surface area contributed by atoms with E-state index in [2.05, 4.69) is 199 Å². The molecule has 0 heterocycles. The van der Waals surface area contributed by atoms with E-state index < -0.39 is 8.07 Å². The average molecular weight is 681 g/mol. The summed E-state index contributed by atoms with van der Waals surface area (Å²) in [5.74, 6) is 0. The molecule has 0 radical (unpaired) electrons. The second-order valence-electron chi connectivity index (χ2n) is 15.7. The number of hydrogen-bond acceptors (Lipinski definition) is 6. The largest absolute Gasteiger partial charge is 0.376 e. The van der Waals surface area contributed by atoms with Gasteiger partial charge in [0.15, 0.2) is 8.07 Å². The summed E-state index contributed by atoms with van der Waals surface area (Å²) in [5, 5.41) is 4.36. The van der Waals surface area contributed by atoms with Crippen molar-refractivity contribution < 1.29 is 0 Å². The van der Waals surface area contributed by atoms with Crippen LogP contribution in [-0.4, -0.2) is 92.6 Å². The van der Waals surface area contributed by atoms with Crippen LogP contribution in [0.4, 0.5) is 34.1 Å². The molecule has 1 aliphatic rings. The van der Waals surface area contributed by atoms with E-state index in [9.17, 15) is 0 Å². The molecule has 6 nitrogen and oxygen atoms in total. The first-order valence-electron chi connectivity index (χ1n) is 17.5. The zero-order chi connectivity index (χ0) is 37.0. The highest BCUT2D eigenvalue weighted by Crippen LogP contribution is 2.48. The lowest BCUT2D eigenvalue weighted by Crippen LogP contribution is -2.70. The summed E-state index contributed by atoms with van der Waals surface area (Å²) >= 11 is 0. The number of benzene rings is 3. The van der Waals surface area contributed by atoms with Crippen LogP contribution in [0.15, 0.2) is 58.7 Å². The predicted octanol–water partition coefficient (Wildman–Crippen LogP) is 6.53. The number of nitrogens with zero attached hydrogens (tertiary/aromatic N) is 6. The third kappa shape index (κ3) is 6.24. The van der Waals surface area contributed by atoms with Gasteiger partial charge < -0.3 is 29.4 Å². The number of allylic oxidation sites excluding steroid dienone is 4. The van der Waals surface area contributed by atoms with E-state index in [0.29, 0.717) is 0 Å². The minimum Gasteiger partial charge on any atom is -0.376 e. The molecule has 4 rings (SSSR count). The Hall–Kier alpha value is -3.84. The van der Waals surface area contributed by atoms with Crippen LogP contribution in [-0.2, 0) is 0 Å². The van der Waals surface area contributed by atoms with Crippen LogP contribution in [0.25, 0.3) is 0 Å². The van der Waals surface area contributed by atoms with Gasteiger partial charge in [-0.25, -0.2) is 0 Å². The summed E-state index contributed by atoms with van der Waals surface area (Å²) in [7, 11) is 23.2. The molecule has 7 heteroatoms. The molecule has 3 aromatic rings. The fourth-order valence-electron chi connectivity index (χ4n) is 8.73. The fourth-order valence-corrected chi connectivity index (χ4v) is 14.9. The van der Waals surface area contributed by atoms with E-state index in [-0.39, 0.29) is 5.54 Å². The summed E-state index contributed by atoms with van der Waals surface area (Å²) in [4.78, 5) is 13.7. The number of hydrogen-bond donors (Lipinski definition) is 0. The van der Waals surface area contributed by atoms with Crippen molar-refractivity contribution in [3.63, 3.8) is 0 Å². The Kier molecular flexibility index (Phi) is 10.7. The number of rotatable bonds is 10. The van der Waals surface area contributed by atoms with Crippen molar-refractivity contribution >= 4 is 57.8 Å². The van der Waals surface area contributed by atoms with E-state index in [0.717, 1.165) is 0 Å². The summed E-state index contributed by atoms with van der Waals surface area (Å²) in [6.07, 6.45) is 0. The molecule has 0 aliphatic heterocycles. The average Bonchev–Trinajstić information content (AvgIpc) is 3.18. The topological polar surface area (TPSA) is 19.4 Å². The molecule has 0 aromatic heterocycles. The highest BCUT2D eigenvalue weighted by Gasteiger charge is 2.51. The fraction of sp³-hybridized carbons (Fsp3) is 0.476. The SMILES string of the molecule is CC1=C(C)C([Si](c2cc(C)c(N(C)C)c(N(C)C)c2)(c2cc(C)c(N(C)C)c(N(C)C)c2)c2cc(C)c(N(C)C)c(N(C)C)c2)C(C)=C1C. The van der Waals surface area contributed by atoms with E-state index in [1.807, 2.05) is 0 Å². The van der Waals surface area contributed by atoms with Gasteiger partial charge in [-0.2, -0.15) is 0 Å². The molecule has 0 fully saturated rings. The molecule has 0 amide bonds. The molecule has 1 aliphatic carbocycles. The molecular formula is C42H64N6Si. The Morgan fingerprint density at radius 3 is 0.816 bits per heavy atom. The molecule has 266 valence electrons. The van der Waals surface area contributed by atoms with Crippen molar-refractivity contribution in [3.05, 3.63) is 75.4 Å². The second-order valence-corrected chi connectivity index (χ2v) is 19.6. The van der Waals surface area contributed by atoms with Crippen LogP contribution >= 0.6 is 0 Å². The molecule has 0 unspecified atom stereocenters. The molecule has 0 atom stereocenters. The zero-order valence-corrected chi connectivity index (χ0v) is 35.2. The highest BCUT2D eigenvalue weighted by molar-refractivity contribution is 7.13. The van der Waals surface area contributed by atoms with Crippen molar-refractivity contribution in [2.45, 2.75) is 54.0 Å². The molecule has 0 saturated carbocycles. The van der Waals surface area contributed by atoms with Crippen LogP contribution < -0.4 is 45.0 Å². The first kappa shape index (κ1) is 38.0. The normalized spacial score (nSPS) is 13.8. The molecule has 0 N–H and O–H groups in total. The molecule has 0 spiro atoms. The van der Waals surface area contributed by atoms with Gasteiger partial charge in [-0.05, 0) is 110 Å². The Bertz CT molecular complexity index is 1620. The maximum Gasteiger partial charge on any atom is 0.159 e. The first-order valence-corrected chi connectivity index (χ1v) is 19.6. The lowest BCUT2D eigenvalue weighted by Gasteiger charge is -2.44. The van der Waals surface area contributed by atoms with Gasteiger partial charge in [-0.1, -0.05) is 29.3 Å². The van der Waals surface area contributed by atoms with Crippen molar-refractivity contribution in [1.82, 2.24) is 0 Å². The summed E-state index contributed by atoms with van der Waals surface area (Å²) in [6.45, 7) is 16.4. The van der Waals surface area contributed by atoms with Crippen LogP contribution in [0, 0.1) is 20.8 Å². The van der Waals surface area contributed by atoms with Gasteiger partial charge in [0.25, 0.3) is 0 Å². The van der Waals surface area contributed by atoms with Gasteiger partial charge in [-0.3, -0.25) is 0 Å². The Labute approximate surface area is 300 Å². The van der Waals surface area contributed by atoms with E-state index >= 15 is 0 Å². The molecule has 49 heavy (non-hydrogen) atoms. The molecule has 0 saturated heterocycles. The zero-order valence-electron chi connectivity index (χ0n) is 34.2. The van der Waals surface area contributed by atoms with Crippen LogP contribution in [0.2, 0.25) is 5.54 Å². The van der Waals surface area contributed by atoms with Gasteiger partial charge in [0.2, 0.25) is 0 Å². The quantitative estimate of drug-likeness (QED) is 0.178. The number of aryl methyl sites for hydroxylation is 3. The highest BCUT2D eigenvalue weighted by atomic mass is 28.3. The summed E-state index contributed by atoms with van der Waals surface area (Å²) < 4.78 is 0. The lowest BCUT2D eigenvalue weighted by atomic mass is 10.1. The monoisotopic (exact) mass is 680 g/mol. The Morgan fingerprint density at radius 2 is 0.612 bits per heavy atom. The van der Waals surface area contributed by atoms with Gasteiger partial charge in [0.1, 0.15) is 0 Å². The smallest absolute Gasteiger partial charge is 0.159 e. The lowest BCUT2D eigenvalue weighted by molar-refractivity contribution is 1.06. The van der Waals surface area contributed by atoms with Gasteiger partial charge >= 0.3 is 0 Å². The molecule has 0 bridgehead atoms. The minimum absolute atomic E-state index is 0.256. The van der Waals surface area contributed by atoms with E-state index in [1.165, 1.54) is 88.7 Å². The maximum absolute atomic E-state index is 2.95. The third-order valence-corrected chi connectivity index (χ3v) is 16.4. The Balaban J connectivity index is 2.43. The van der Waals surface area contributed by atoms with Gasteiger partial charge in [0.05, 0.1) is 34.1 Å². The predicted molar refractivity (Wildman–Crippen MR) is 225 cm³/mol. The number of anilines is 6. The second kappa shape index (κ2) is 13.8. The standard InChI is InChI=1S/C42H64N6Si/c1-26-20-33(23-36(43(8)9)39(26)46(14)15)49(42-31(6)29(4)30(5)32(42)7,34-21-27(2)40(47(16)17)37(24-34)44(10)11)35-22-28(3)41(48(18)19)38(25-35)45(12)13/h20-25,42H,1-19H3. The van der Waals surface area contributed by atoms with Crippen molar-refractivity contribution in [3.8, 4) is 0 Å². The van der Waals surface area contributed by atoms with Gasteiger partial charge in [0, 0.05) is 90.1 Å². The summed E-state index contributed by atoms with van der Waals surface area (Å²) in [5.41, 5.74) is 17.7. The summed E-state index contributed by atoms with van der Waals surface area (Å²) in [6, 6.07) is 15.3. The van der Waals surface area contributed by atoms with Gasteiger partial charge in [-0.15, -0.1) is 0 Å². The first-order chi connectivity index (χ1) is 22.7. The van der Waals surface area contributed by atoms with E-state index in [4.69, 9.17) is 0 Å². The maximum atomic E-state index is 2.55. The van der Waals surface area contributed by atoms with Crippen LogP contribution in [0.3, 0.4) is 0 Å². The molecule has 3 aromatic carbocycles. The van der Waals surface area contributed by atoms with E-state index in [1.54, 1.807) is 0 Å². The Morgan fingerprint density at radius 1 is 0.367 bits per heavy atom. The minimum atomic E-state index is -2.95. The van der Waals surface area contributed by atoms with Crippen molar-refractivity contribution in [2.24, 2.45) is 0 Å². The van der Waals surface area contributed by atoms with Crippen molar-refractivity contribution in [2.75, 3.05) is 114 Å². The molecular weight excluding hydrogens is 617 g/mol.